The molecule has 0 aliphatic carbocycles. The third kappa shape index (κ3) is 1.47. The van der Waals surface area contributed by atoms with Gasteiger partial charge in [-0.1, -0.05) is 24.3 Å². The summed E-state index contributed by atoms with van der Waals surface area (Å²) in [5, 5.41) is 9.86. The Bertz CT molecular complexity index is 840. The summed E-state index contributed by atoms with van der Waals surface area (Å²) in [6.45, 7) is 0. The van der Waals surface area contributed by atoms with Crippen LogP contribution in [0.3, 0.4) is 0 Å². The van der Waals surface area contributed by atoms with E-state index in [-0.39, 0.29) is 11.8 Å². The molecular formula is C15H9NO2. The summed E-state index contributed by atoms with van der Waals surface area (Å²) in [7, 11) is 0. The van der Waals surface area contributed by atoms with E-state index in [0.717, 1.165) is 5.56 Å². The molecule has 0 spiro atoms. The van der Waals surface area contributed by atoms with E-state index in [9.17, 15) is 4.79 Å². The molecule has 18 heavy (non-hydrogen) atoms. The van der Waals surface area contributed by atoms with Crippen molar-refractivity contribution in [2.75, 3.05) is 0 Å². The average Bonchev–Trinajstić information content (AvgIpc) is 2.39. The van der Waals surface area contributed by atoms with E-state index >= 15 is 0 Å². The van der Waals surface area contributed by atoms with E-state index in [4.69, 9.17) is 9.68 Å². The largest absolute Gasteiger partial charge is 0.456 e. The molecule has 0 N–H and O–H groups in total. The van der Waals surface area contributed by atoms with Crippen LogP contribution in [0.25, 0.3) is 21.9 Å². The predicted octanol–water partition coefficient (Wildman–Crippen LogP) is 3.01. The molecule has 3 aromatic rings. The normalized spacial score (nSPS) is 10.6. The molecule has 86 valence electrons. The van der Waals surface area contributed by atoms with Gasteiger partial charge in [0, 0.05) is 0 Å². The summed E-state index contributed by atoms with van der Waals surface area (Å²) >= 11 is 0. The number of nitriles is 1. The van der Waals surface area contributed by atoms with Crippen molar-refractivity contribution in [3.8, 4) is 6.07 Å². The van der Waals surface area contributed by atoms with Crippen molar-refractivity contribution in [2.24, 2.45) is 0 Å². The second kappa shape index (κ2) is 4.01. The van der Waals surface area contributed by atoms with Gasteiger partial charge < -0.3 is 4.42 Å². The van der Waals surface area contributed by atoms with Crippen LogP contribution in [0.1, 0.15) is 5.56 Å². The predicted molar refractivity (Wildman–Crippen MR) is 69.3 cm³/mol. The molecule has 1 heterocycles. The van der Waals surface area contributed by atoms with Crippen molar-refractivity contribution >= 4 is 21.9 Å². The van der Waals surface area contributed by atoms with E-state index in [1.54, 1.807) is 36.4 Å². The third-order valence-corrected chi connectivity index (χ3v) is 2.96. The van der Waals surface area contributed by atoms with Crippen LogP contribution in [0.15, 0.2) is 51.7 Å². The van der Waals surface area contributed by atoms with Crippen LogP contribution in [-0.4, -0.2) is 0 Å². The maximum absolute atomic E-state index is 12.4. The molecule has 0 unspecified atom stereocenters. The Morgan fingerprint density at radius 1 is 1.06 bits per heavy atom. The molecule has 0 aliphatic heterocycles. The van der Waals surface area contributed by atoms with Gasteiger partial charge in [-0.25, -0.2) is 0 Å². The second-order valence-corrected chi connectivity index (χ2v) is 4.05. The van der Waals surface area contributed by atoms with Crippen LogP contribution in [0.4, 0.5) is 0 Å². The minimum absolute atomic E-state index is 0.0716. The lowest BCUT2D eigenvalue weighted by Crippen LogP contribution is -2.04. The van der Waals surface area contributed by atoms with Crippen molar-refractivity contribution < 1.29 is 4.42 Å². The highest BCUT2D eigenvalue weighted by molar-refractivity contribution is 5.91. The first-order valence-corrected chi connectivity index (χ1v) is 5.61. The summed E-state index contributed by atoms with van der Waals surface area (Å²) < 4.78 is 5.70. The number of rotatable bonds is 1. The first-order chi connectivity index (χ1) is 8.81. The molecule has 0 aliphatic rings. The maximum Gasteiger partial charge on any atom is 0.200 e. The SMILES string of the molecule is N#CCc1cccc2oc3ccccc3c(=O)c12. The summed E-state index contributed by atoms with van der Waals surface area (Å²) in [6.07, 6.45) is 0.209. The van der Waals surface area contributed by atoms with Gasteiger partial charge in [0.2, 0.25) is 5.43 Å². The van der Waals surface area contributed by atoms with Gasteiger partial charge in [-0.2, -0.15) is 5.26 Å². The van der Waals surface area contributed by atoms with Crippen molar-refractivity contribution in [1.82, 2.24) is 0 Å². The minimum Gasteiger partial charge on any atom is -0.456 e. The topological polar surface area (TPSA) is 54.0 Å². The molecule has 0 radical (unpaired) electrons. The van der Waals surface area contributed by atoms with Crippen LogP contribution in [0.5, 0.6) is 0 Å². The molecule has 0 saturated heterocycles. The summed E-state index contributed by atoms with van der Waals surface area (Å²) in [6, 6.07) is 14.6. The van der Waals surface area contributed by atoms with Crippen molar-refractivity contribution in [3.05, 3.63) is 58.3 Å². The lowest BCUT2D eigenvalue weighted by atomic mass is 10.0. The first kappa shape index (κ1) is 10.5. The Labute approximate surface area is 103 Å². The Balaban J connectivity index is 2.54. The third-order valence-electron chi connectivity index (χ3n) is 2.96. The van der Waals surface area contributed by atoms with Crippen molar-refractivity contribution in [2.45, 2.75) is 6.42 Å². The molecule has 3 nitrogen and oxygen atoms in total. The van der Waals surface area contributed by atoms with Crippen molar-refractivity contribution in [1.29, 1.82) is 5.26 Å². The molecule has 3 rings (SSSR count). The number of fused-ring (bicyclic) bond motifs is 2. The number of nitrogens with zero attached hydrogens (tertiary/aromatic N) is 1. The van der Waals surface area contributed by atoms with Crippen LogP contribution >= 0.6 is 0 Å². The first-order valence-electron chi connectivity index (χ1n) is 5.61. The highest BCUT2D eigenvalue weighted by Gasteiger charge is 2.10. The second-order valence-electron chi connectivity index (χ2n) is 4.05. The smallest absolute Gasteiger partial charge is 0.200 e. The summed E-state index contributed by atoms with van der Waals surface area (Å²) in [5.41, 5.74) is 1.75. The fourth-order valence-corrected chi connectivity index (χ4v) is 2.15. The molecule has 0 amide bonds. The summed E-state index contributed by atoms with van der Waals surface area (Å²) in [5.74, 6) is 0. The highest BCUT2D eigenvalue weighted by Crippen LogP contribution is 2.21. The van der Waals surface area contributed by atoms with Crippen LogP contribution in [0, 0.1) is 11.3 Å². The number of benzene rings is 2. The molecule has 0 bridgehead atoms. The fourth-order valence-electron chi connectivity index (χ4n) is 2.15. The Morgan fingerprint density at radius 3 is 2.67 bits per heavy atom. The minimum atomic E-state index is -0.0716. The zero-order valence-corrected chi connectivity index (χ0v) is 9.51. The molecule has 0 saturated carbocycles. The van der Waals surface area contributed by atoms with Gasteiger partial charge in [0.15, 0.2) is 0 Å². The zero-order chi connectivity index (χ0) is 12.5. The maximum atomic E-state index is 12.4. The quantitative estimate of drug-likeness (QED) is 0.609. The molecule has 1 aromatic heterocycles. The van der Waals surface area contributed by atoms with Gasteiger partial charge in [0.1, 0.15) is 11.2 Å². The zero-order valence-electron chi connectivity index (χ0n) is 9.51. The van der Waals surface area contributed by atoms with Crippen molar-refractivity contribution in [3.63, 3.8) is 0 Å². The average molecular weight is 235 g/mol. The lowest BCUT2D eigenvalue weighted by Gasteiger charge is -2.04. The van der Waals surface area contributed by atoms with Gasteiger partial charge in [0.05, 0.1) is 23.3 Å². The van der Waals surface area contributed by atoms with E-state index < -0.39 is 0 Å². The fraction of sp³-hybridized carbons (Fsp3) is 0.0667. The van der Waals surface area contributed by atoms with E-state index in [2.05, 4.69) is 6.07 Å². The van der Waals surface area contributed by atoms with E-state index in [1.165, 1.54) is 0 Å². The number of hydrogen-bond donors (Lipinski definition) is 0. The van der Waals surface area contributed by atoms with E-state index in [1.807, 2.05) is 6.07 Å². The van der Waals surface area contributed by atoms with Crippen LogP contribution in [-0.2, 0) is 6.42 Å². The highest BCUT2D eigenvalue weighted by atomic mass is 16.3. The molecular weight excluding hydrogens is 226 g/mol. The van der Waals surface area contributed by atoms with Gasteiger partial charge in [-0.15, -0.1) is 0 Å². The Morgan fingerprint density at radius 2 is 1.83 bits per heavy atom. The summed E-state index contributed by atoms with van der Waals surface area (Å²) in [4.78, 5) is 12.4. The Hall–Kier alpha value is -2.60. The monoisotopic (exact) mass is 235 g/mol. The van der Waals surface area contributed by atoms with Gasteiger partial charge in [0.25, 0.3) is 0 Å². The van der Waals surface area contributed by atoms with Gasteiger partial charge >= 0.3 is 0 Å². The molecule has 2 aromatic carbocycles. The molecule has 3 heteroatoms. The van der Waals surface area contributed by atoms with Crippen LogP contribution < -0.4 is 5.43 Å². The molecule has 0 atom stereocenters. The molecule has 0 fully saturated rings. The standard InChI is InChI=1S/C15H9NO2/c16-9-8-10-4-3-7-13-14(10)15(17)11-5-1-2-6-12(11)18-13/h1-7H,8H2. The van der Waals surface area contributed by atoms with Crippen LogP contribution in [0.2, 0.25) is 0 Å². The van der Waals surface area contributed by atoms with E-state index in [0.29, 0.717) is 21.9 Å². The van der Waals surface area contributed by atoms with Gasteiger partial charge in [-0.05, 0) is 23.8 Å². The number of para-hydroxylation sites is 1. The Kier molecular flexibility index (Phi) is 2.35. The number of hydrogen-bond acceptors (Lipinski definition) is 3. The van der Waals surface area contributed by atoms with Gasteiger partial charge in [-0.3, -0.25) is 4.79 Å². The lowest BCUT2D eigenvalue weighted by molar-refractivity contribution is 0.659.